The smallest absolute Gasteiger partial charge is 0.0246 e. The van der Waals surface area contributed by atoms with Gasteiger partial charge in [0, 0.05) is 12.6 Å². The lowest BCUT2D eigenvalue weighted by molar-refractivity contribution is 0.115. The maximum absolute atomic E-state index is 3.71. The molecule has 88 valence electrons. The van der Waals surface area contributed by atoms with Gasteiger partial charge in [-0.2, -0.15) is 0 Å². The van der Waals surface area contributed by atoms with E-state index in [2.05, 4.69) is 24.1 Å². The van der Waals surface area contributed by atoms with Crippen LogP contribution in [0, 0.1) is 5.41 Å². The molecule has 0 aromatic heterocycles. The van der Waals surface area contributed by atoms with Crippen LogP contribution in [0.4, 0.5) is 0 Å². The molecule has 0 saturated carbocycles. The summed E-state index contributed by atoms with van der Waals surface area (Å²) in [6, 6.07) is 0.712. The number of likely N-dealkylation sites (tertiary alicyclic amines) is 1. The van der Waals surface area contributed by atoms with Gasteiger partial charge < -0.3 is 10.2 Å². The third kappa shape index (κ3) is 2.94. The van der Waals surface area contributed by atoms with Gasteiger partial charge in [-0.3, -0.25) is 0 Å². The van der Waals surface area contributed by atoms with E-state index in [0.717, 1.165) is 0 Å². The van der Waals surface area contributed by atoms with Crippen molar-refractivity contribution in [2.24, 2.45) is 5.41 Å². The van der Waals surface area contributed by atoms with E-state index >= 15 is 0 Å². The molecule has 0 aromatic carbocycles. The van der Waals surface area contributed by atoms with E-state index in [1.54, 1.807) is 0 Å². The number of piperidine rings is 2. The summed E-state index contributed by atoms with van der Waals surface area (Å²) in [5.41, 5.74) is 0.496. The summed E-state index contributed by atoms with van der Waals surface area (Å²) in [7, 11) is 0. The standard InChI is InChI=1S/C13H26N2/c1-13(2)7-6-8-14-12(13)11-15-9-4-3-5-10-15/h12,14H,3-11H2,1-2H3. The zero-order valence-electron chi connectivity index (χ0n) is 10.4. The first-order chi connectivity index (χ1) is 7.18. The normalized spacial score (nSPS) is 32.8. The van der Waals surface area contributed by atoms with E-state index in [4.69, 9.17) is 0 Å². The molecule has 1 N–H and O–H groups in total. The molecule has 0 aliphatic carbocycles. The summed E-state index contributed by atoms with van der Waals surface area (Å²) in [6.45, 7) is 10.00. The van der Waals surface area contributed by atoms with Gasteiger partial charge in [-0.25, -0.2) is 0 Å². The number of rotatable bonds is 2. The molecule has 2 saturated heterocycles. The van der Waals surface area contributed by atoms with Crippen LogP contribution in [0.1, 0.15) is 46.0 Å². The summed E-state index contributed by atoms with van der Waals surface area (Å²) in [4.78, 5) is 2.66. The van der Waals surface area contributed by atoms with Gasteiger partial charge in [0.2, 0.25) is 0 Å². The summed E-state index contributed by atoms with van der Waals surface area (Å²) in [6.07, 6.45) is 7.00. The van der Waals surface area contributed by atoms with Crippen molar-refractivity contribution >= 4 is 0 Å². The second-order valence-electron chi connectivity index (χ2n) is 5.96. The fourth-order valence-corrected chi connectivity index (χ4v) is 2.98. The van der Waals surface area contributed by atoms with Gasteiger partial charge >= 0.3 is 0 Å². The average molecular weight is 210 g/mol. The molecule has 0 amide bonds. The first-order valence-corrected chi connectivity index (χ1v) is 6.64. The minimum absolute atomic E-state index is 0.496. The number of nitrogens with zero attached hydrogens (tertiary/aromatic N) is 1. The van der Waals surface area contributed by atoms with Gasteiger partial charge in [-0.1, -0.05) is 20.3 Å². The van der Waals surface area contributed by atoms with Crippen molar-refractivity contribution in [3.05, 3.63) is 0 Å². The Bertz CT molecular complexity index is 195. The topological polar surface area (TPSA) is 15.3 Å². The van der Waals surface area contributed by atoms with Crippen LogP contribution in [-0.2, 0) is 0 Å². The quantitative estimate of drug-likeness (QED) is 0.752. The van der Waals surface area contributed by atoms with Gasteiger partial charge in [0.05, 0.1) is 0 Å². The molecule has 2 aliphatic heterocycles. The molecule has 2 heteroatoms. The van der Waals surface area contributed by atoms with E-state index in [-0.39, 0.29) is 0 Å². The first-order valence-electron chi connectivity index (χ1n) is 6.64. The van der Waals surface area contributed by atoms with E-state index in [1.807, 2.05) is 0 Å². The van der Waals surface area contributed by atoms with Gasteiger partial charge in [0.15, 0.2) is 0 Å². The molecular weight excluding hydrogens is 184 g/mol. The highest BCUT2D eigenvalue weighted by atomic mass is 15.2. The van der Waals surface area contributed by atoms with Crippen LogP contribution in [0.15, 0.2) is 0 Å². The maximum Gasteiger partial charge on any atom is 0.0246 e. The van der Waals surface area contributed by atoms with Crippen LogP contribution >= 0.6 is 0 Å². The zero-order valence-corrected chi connectivity index (χ0v) is 10.4. The molecule has 1 unspecified atom stereocenters. The largest absolute Gasteiger partial charge is 0.312 e. The predicted octanol–water partition coefficient (Wildman–Crippen LogP) is 2.25. The molecule has 0 spiro atoms. The summed E-state index contributed by atoms with van der Waals surface area (Å²) >= 11 is 0. The van der Waals surface area contributed by atoms with Gasteiger partial charge in [0.25, 0.3) is 0 Å². The lowest BCUT2D eigenvalue weighted by Gasteiger charge is -2.42. The second-order valence-corrected chi connectivity index (χ2v) is 5.96. The van der Waals surface area contributed by atoms with Gasteiger partial charge in [-0.15, -0.1) is 0 Å². The molecule has 0 aromatic rings. The van der Waals surface area contributed by atoms with Gasteiger partial charge in [0.1, 0.15) is 0 Å². The van der Waals surface area contributed by atoms with Crippen molar-refractivity contribution in [3.8, 4) is 0 Å². The minimum Gasteiger partial charge on any atom is -0.312 e. The molecule has 2 fully saturated rings. The second kappa shape index (κ2) is 4.84. The number of hydrogen-bond donors (Lipinski definition) is 1. The number of nitrogens with one attached hydrogen (secondary N) is 1. The molecule has 1 atom stereocenters. The van der Waals surface area contributed by atoms with Gasteiger partial charge in [-0.05, 0) is 50.7 Å². The Morgan fingerprint density at radius 2 is 1.87 bits per heavy atom. The Morgan fingerprint density at radius 1 is 1.13 bits per heavy atom. The fourth-order valence-electron chi connectivity index (χ4n) is 2.98. The zero-order chi connectivity index (χ0) is 10.7. The first kappa shape index (κ1) is 11.4. The van der Waals surface area contributed by atoms with Crippen molar-refractivity contribution in [2.45, 2.75) is 52.0 Å². The fraction of sp³-hybridized carbons (Fsp3) is 1.00. The van der Waals surface area contributed by atoms with Crippen molar-refractivity contribution in [1.29, 1.82) is 0 Å². The molecule has 2 aliphatic rings. The van der Waals surface area contributed by atoms with Crippen molar-refractivity contribution in [3.63, 3.8) is 0 Å². The highest BCUT2D eigenvalue weighted by Gasteiger charge is 2.33. The Morgan fingerprint density at radius 3 is 2.53 bits per heavy atom. The van der Waals surface area contributed by atoms with Crippen LogP contribution in [0.25, 0.3) is 0 Å². The van der Waals surface area contributed by atoms with E-state index in [1.165, 1.54) is 58.3 Å². The van der Waals surface area contributed by atoms with E-state index in [0.29, 0.717) is 11.5 Å². The Hall–Kier alpha value is -0.0800. The molecule has 2 nitrogen and oxygen atoms in total. The molecule has 0 bridgehead atoms. The van der Waals surface area contributed by atoms with Crippen molar-refractivity contribution in [2.75, 3.05) is 26.2 Å². The number of hydrogen-bond acceptors (Lipinski definition) is 2. The summed E-state index contributed by atoms with van der Waals surface area (Å²) in [5, 5.41) is 3.71. The third-order valence-electron chi connectivity index (χ3n) is 4.22. The maximum atomic E-state index is 3.71. The lowest BCUT2D eigenvalue weighted by atomic mass is 9.77. The molecular formula is C13H26N2. The van der Waals surface area contributed by atoms with Crippen LogP contribution < -0.4 is 5.32 Å². The molecule has 0 radical (unpaired) electrons. The van der Waals surface area contributed by atoms with E-state index in [9.17, 15) is 0 Å². The van der Waals surface area contributed by atoms with E-state index < -0.39 is 0 Å². The van der Waals surface area contributed by atoms with Crippen LogP contribution in [-0.4, -0.2) is 37.1 Å². The third-order valence-corrected chi connectivity index (χ3v) is 4.22. The molecule has 2 rings (SSSR count). The van der Waals surface area contributed by atoms with Crippen LogP contribution in [0.5, 0.6) is 0 Å². The van der Waals surface area contributed by atoms with Crippen LogP contribution in [0.2, 0.25) is 0 Å². The SMILES string of the molecule is CC1(C)CCCNC1CN1CCCCC1. The minimum atomic E-state index is 0.496. The summed E-state index contributed by atoms with van der Waals surface area (Å²) < 4.78 is 0. The monoisotopic (exact) mass is 210 g/mol. The average Bonchev–Trinajstić information content (AvgIpc) is 2.23. The molecule has 15 heavy (non-hydrogen) atoms. The predicted molar refractivity (Wildman–Crippen MR) is 65.1 cm³/mol. The van der Waals surface area contributed by atoms with Crippen molar-refractivity contribution in [1.82, 2.24) is 10.2 Å². The summed E-state index contributed by atoms with van der Waals surface area (Å²) in [5.74, 6) is 0. The Kier molecular flexibility index (Phi) is 3.68. The molecule has 2 heterocycles. The Balaban J connectivity index is 1.85. The van der Waals surface area contributed by atoms with Crippen LogP contribution in [0.3, 0.4) is 0 Å². The highest BCUT2D eigenvalue weighted by Crippen LogP contribution is 2.30. The van der Waals surface area contributed by atoms with Crippen molar-refractivity contribution < 1.29 is 0 Å². The Labute approximate surface area is 94.4 Å². The highest BCUT2D eigenvalue weighted by molar-refractivity contribution is 4.90. The lowest BCUT2D eigenvalue weighted by Crippen LogP contribution is -2.53.